The number of methoxy groups -OCH3 is 2. The molecular formula is C20H23N3O2S. The van der Waals surface area contributed by atoms with Crippen molar-refractivity contribution >= 4 is 16.9 Å². The zero-order chi connectivity index (χ0) is 18.1. The summed E-state index contributed by atoms with van der Waals surface area (Å²) in [6.07, 6.45) is 2.94. The number of nitrogens with zero attached hydrogens (tertiary/aromatic N) is 3. The lowest BCUT2D eigenvalue weighted by atomic mass is 9.95. The Morgan fingerprint density at radius 1 is 1.15 bits per heavy atom. The Labute approximate surface area is 158 Å². The van der Waals surface area contributed by atoms with E-state index in [2.05, 4.69) is 35.0 Å². The first-order chi connectivity index (χ1) is 12.8. The number of amidine groups is 1. The minimum atomic E-state index is -0.00819. The lowest BCUT2D eigenvalue weighted by Gasteiger charge is -2.32. The third-order valence-electron chi connectivity index (χ3n) is 5.08. The van der Waals surface area contributed by atoms with Crippen LogP contribution < -0.4 is 9.47 Å². The van der Waals surface area contributed by atoms with E-state index in [1.807, 2.05) is 36.2 Å². The van der Waals surface area contributed by atoms with Crippen molar-refractivity contribution in [2.45, 2.75) is 31.5 Å². The number of hydrogen-bond acceptors (Lipinski definition) is 6. The standard InChI is InChI=1S/C20H23N3O2S/c1-4-14-12-26-20-22-18(15-7-5-6-10-21-15)19(23(14)20)13-8-9-16(24-2)17(11-13)25-3/h5-11,14,18-19H,4,12H2,1-3H3. The molecule has 0 bridgehead atoms. The summed E-state index contributed by atoms with van der Waals surface area (Å²) in [4.78, 5) is 12.1. The number of thioether (sulfide) groups is 1. The number of rotatable bonds is 5. The summed E-state index contributed by atoms with van der Waals surface area (Å²) in [6, 6.07) is 12.8. The van der Waals surface area contributed by atoms with E-state index >= 15 is 0 Å². The van der Waals surface area contributed by atoms with Gasteiger partial charge in [-0.1, -0.05) is 30.8 Å². The van der Waals surface area contributed by atoms with E-state index in [9.17, 15) is 0 Å². The molecule has 136 valence electrons. The molecule has 2 aromatic rings. The third-order valence-corrected chi connectivity index (χ3v) is 6.20. The second-order valence-corrected chi connectivity index (χ2v) is 7.44. The lowest BCUT2D eigenvalue weighted by Crippen LogP contribution is -2.35. The molecule has 3 unspecified atom stereocenters. The van der Waals surface area contributed by atoms with E-state index in [0.717, 1.165) is 34.5 Å². The fourth-order valence-electron chi connectivity index (χ4n) is 3.75. The maximum atomic E-state index is 5.54. The third kappa shape index (κ3) is 2.82. The quantitative estimate of drug-likeness (QED) is 0.795. The first-order valence-corrected chi connectivity index (χ1v) is 9.87. The molecule has 1 saturated heterocycles. The van der Waals surface area contributed by atoms with Crippen molar-refractivity contribution in [3.63, 3.8) is 0 Å². The van der Waals surface area contributed by atoms with Gasteiger partial charge in [0.05, 0.1) is 26.0 Å². The summed E-state index contributed by atoms with van der Waals surface area (Å²) in [5.41, 5.74) is 2.18. The molecule has 1 aromatic carbocycles. The first-order valence-electron chi connectivity index (χ1n) is 8.88. The highest BCUT2D eigenvalue weighted by atomic mass is 32.2. The Morgan fingerprint density at radius 2 is 2.00 bits per heavy atom. The van der Waals surface area contributed by atoms with E-state index in [1.165, 1.54) is 5.56 Å². The Kier molecular flexibility index (Phi) is 4.76. The fourth-order valence-corrected chi connectivity index (χ4v) is 5.08. The first kappa shape index (κ1) is 17.2. The molecule has 0 spiro atoms. The summed E-state index contributed by atoms with van der Waals surface area (Å²) in [6.45, 7) is 2.24. The average molecular weight is 369 g/mol. The molecule has 26 heavy (non-hydrogen) atoms. The van der Waals surface area contributed by atoms with Crippen LogP contribution in [-0.4, -0.2) is 41.1 Å². The predicted octanol–water partition coefficient (Wildman–Crippen LogP) is 4.08. The second kappa shape index (κ2) is 7.19. The van der Waals surface area contributed by atoms with Gasteiger partial charge in [0.15, 0.2) is 16.7 Å². The molecule has 6 heteroatoms. The van der Waals surface area contributed by atoms with E-state index in [1.54, 1.807) is 14.2 Å². The van der Waals surface area contributed by atoms with E-state index < -0.39 is 0 Å². The average Bonchev–Trinajstić information content (AvgIpc) is 3.27. The summed E-state index contributed by atoms with van der Waals surface area (Å²) >= 11 is 1.85. The maximum Gasteiger partial charge on any atom is 0.161 e. The van der Waals surface area contributed by atoms with Crippen molar-refractivity contribution in [2.24, 2.45) is 4.99 Å². The van der Waals surface area contributed by atoms with Gasteiger partial charge in [0.1, 0.15) is 6.04 Å². The van der Waals surface area contributed by atoms with Crippen LogP contribution in [0.25, 0.3) is 0 Å². The Morgan fingerprint density at radius 3 is 2.69 bits per heavy atom. The van der Waals surface area contributed by atoms with E-state index in [4.69, 9.17) is 14.5 Å². The Bertz CT molecular complexity index is 812. The lowest BCUT2D eigenvalue weighted by molar-refractivity contribution is 0.254. The van der Waals surface area contributed by atoms with Crippen LogP contribution in [0.4, 0.5) is 0 Å². The van der Waals surface area contributed by atoms with Crippen LogP contribution in [0.3, 0.4) is 0 Å². The van der Waals surface area contributed by atoms with Gasteiger partial charge in [-0.05, 0) is 36.2 Å². The van der Waals surface area contributed by atoms with Crippen molar-refractivity contribution in [1.82, 2.24) is 9.88 Å². The van der Waals surface area contributed by atoms with Gasteiger partial charge in [0.2, 0.25) is 0 Å². The topological polar surface area (TPSA) is 47.0 Å². The van der Waals surface area contributed by atoms with Crippen molar-refractivity contribution < 1.29 is 9.47 Å². The highest BCUT2D eigenvalue weighted by Crippen LogP contribution is 2.49. The van der Waals surface area contributed by atoms with Crippen LogP contribution in [0.1, 0.15) is 36.7 Å². The molecule has 1 aromatic heterocycles. The SMILES string of the molecule is CCC1CSC2=NC(c3ccccn3)C(c3ccc(OC)c(OC)c3)N21. The molecule has 1 fully saturated rings. The van der Waals surface area contributed by atoms with Gasteiger partial charge in [-0.3, -0.25) is 9.98 Å². The predicted molar refractivity (Wildman–Crippen MR) is 105 cm³/mol. The van der Waals surface area contributed by atoms with Crippen molar-refractivity contribution in [1.29, 1.82) is 0 Å². The normalized spacial score (nSPS) is 24.3. The van der Waals surface area contributed by atoms with Gasteiger partial charge < -0.3 is 14.4 Å². The van der Waals surface area contributed by atoms with Gasteiger partial charge in [-0.15, -0.1) is 0 Å². The fraction of sp³-hybridized carbons (Fsp3) is 0.400. The van der Waals surface area contributed by atoms with Gasteiger partial charge in [0.25, 0.3) is 0 Å². The van der Waals surface area contributed by atoms with Gasteiger partial charge >= 0.3 is 0 Å². The summed E-state index contributed by atoms with van der Waals surface area (Å²) in [7, 11) is 3.34. The maximum absolute atomic E-state index is 5.54. The molecule has 5 nitrogen and oxygen atoms in total. The second-order valence-electron chi connectivity index (χ2n) is 6.45. The summed E-state index contributed by atoms with van der Waals surface area (Å²) < 4.78 is 11.0. The molecule has 3 heterocycles. The highest BCUT2D eigenvalue weighted by molar-refractivity contribution is 8.14. The monoisotopic (exact) mass is 369 g/mol. The molecule has 0 aliphatic carbocycles. The van der Waals surface area contributed by atoms with Crippen molar-refractivity contribution in [3.05, 3.63) is 53.9 Å². The Balaban J connectivity index is 1.79. The van der Waals surface area contributed by atoms with Crippen molar-refractivity contribution in [2.75, 3.05) is 20.0 Å². The number of aliphatic imine (C=N–C) groups is 1. The molecule has 2 aliphatic heterocycles. The number of benzene rings is 1. The van der Waals surface area contributed by atoms with E-state index in [0.29, 0.717) is 6.04 Å². The van der Waals surface area contributed by atoms with Gasteiger partial charge in [0, 0.05) is 18.0 Å². The number of aromatic nitrogens is 1. The number of ether oxygens (including phenoxy) is 2. The number of pyridine rings is 1. The van der Waals surface area contributed by atoms with E-state index in [-0.39, 0.29) is 12.1 Å². The zero-order valence-electron chi connectivity index (χ0n) is 15.3. The molecule has 0 radical (unpaired) electrons. The van der Waals surface area contributed by atoms with Crippen LogP contribution in [0.15, 0.2) is 47.6 Å². The summed E-state index contributed by atoms with van der Waals surface area (Å²) in [5.74, 6) is 2.58. The minimum Gasteiger partial charge on any atom is -0.493 e. The molecule has 3 atom stereocenters. The molecular weight excluding hydrogens is 346 g/mol. The molecule has 0 N–H and O–H groups in total. The highest BCUT2D eigenvalue weighted by Gasteiger charge is 2.45. The molecule has 2 aliphatic rings. The smallest absolute Gasteiger partial charge is 0.161 e. The van der Waals surface area contributed by atoms with Crippen LogP contribution in [0.5, 0.6) is 11.5 Å². The van der Waals surface area contributed by atoms with Crippen LogP contribution in [0.2, 0.25) is 0 Å². The zero-order valence-corrected chi connectivity index (χ0v) is 16.1. The molecule has 0 saturated carbocycles. The van der Waals surface area contributed by atoms with Crippen LogP contribution in [0, 0.1) is 0 Å². The van der Waals surface area contributed by atoms with Crippen LogP contribution >= 0.6 is 11.8 Å². The largest absolute Gasteiger partial charge is 0.493 e. The van der Waals surface area contributed by atoms with Gasteiger partial charge in [-0.25, -0.2) is 0 Å². The van der Waals surface area contributed by atoms with Gasteiger partial charge in [-0.2, -0.15) is 0 Å². The molecule has 4 rings (SSSR count). The summed E-state index contributed by atoms with van der Waals surface area (Å²) in [5, 5.41) is 1.13. The Hall–Kier alpha value is -2.21. The minimum absolute atomic E-state index is 0.00819. The number of hydrogen-bond donors (Lipinski definition) is 0. The van der Waals surface area contributed by atoms with Crippen molar-refractivity contribution in [3.8, 4) is 11.5 Å². The number of fused-ring (bicyclic) bond motifs is 1. The molecule has 0 amide bonds. The van der Waals surface area contributed by atoms with Crippen LogP contribution in [-0.2, 0) is 0 Å².